The van der Waals surface area contributed by atoms with Crippen molar-refractivity contribution in [3.63, 3.8) is 0 Å². The lowest BCUT2D eigenvalue weighted by atomic mass is 9.98. The van der Waals surface area contributed by atoms with E-state index in [1.165, 1.54) is 19.1 Å². The number of hydrogen-bond acceptors (Lipinski definition) is 3. The number of carbonyl (C=O) groups excluding carboxylic acids is 3. The van der Waals surface area contributed by atoms with Gasteiger partial charge in [-0.25, -0.2) is 4.39 Å². The van der Waals surface area contributed by atoms with Crippen molar-refractivity contribution in [3.8, 4) is 0 Å². The van der Waals surface area contributed by atoms with E-state index in [4.69, 9.17) is 5.73 Å². The fraction of sp³-hybridized carbons (Fsp3) is 0.208. The Hall–Kier alpha value is -3.74. The van der Waals surface area contributed by atoms with Crippen LogP contribution in [0.2, 0.25) is 0 Å². The Balaban J connectivity index is 1.78. The summed E-state index contributed by atoms with van der Waals surface area (Å²) in [6.45, 7) is 1.30. The van der Waals surface area contributed by atoms with Crippen molar-refractivity contribution >= 4 is 28.5 Å². The molecular weight excluding hydrogens is 397 g/mol. The average molecular weight is 421 g/mol. The highest BCUT2D eigenvalue weighted by Crippen LogP contribution is 2.20. The van der Waals surface area contributed by atoms with E-state index in [1.54, 1.807) is 12.1 Å². The molecule has 160 valence electrons. The molecule has 3 amide bonds. The fourth-order valence-corrected chi connectivity index (χ4v) is 3.50. The van der Waals surface area contributed by atoms with E-state index in [0.29, 0.717) is 5.56 Å². The molecule has 6 nitrogen and oxygen atoms in total. The zero-order valence-corrected chi connectivity index (χ0v) is 17.1. The lowest BCUT2D eigenvalue weighted by molar-refractivity contribution is -0.130. The molecule has 0 aliphatic heterocycles. The van der Waals surface area contributed by atoms with E-state index in [0.717, 1.165) is 16.3 Å². The molecule has 0 aromatic heterocycles. The largest absolute Gasteiger partial charge is 0.368 e. The van der Waals surface area contributed by atoms with Crippen molar-refractivity contribution in [2.75, 3.05) is 0 Å². The monoisotopic (exact) mass is 421 g/mol. The predicted octanol–water partition coefficient (Wildman–Crippen LogP) is 2.24. The maximum atomic E-state index is 13.2. The fourth-order valence-electron chi connectivity index (χ4n) is 3.50. The summed E-state index contributed by atoms with van der Waals surface area (Å²) in [7, 11) is 0. The standard InChI is InChI=1S/C24H24FN3O3/c1-15(29)27-22(13-16-9-11-19(25)12-10-16)24(31)28-21(23(26)30)14-18-7-4-6-17-5-2-3-8-20(17)18/h2-12,21-22H,13-14H2,1H3,(H2,26,30)(H,27,29)(H,28,31)/t21-,22-/m1/s1. The van der Waals surface area contributed by atoms with Gasteiger partial charge in [-0.15, -0.1) is 0 Å². The molecule has 0 spiro atoms. The molecule has 2 atom stereocenters. The lowest BCUT2D eigenvalue weighted by Gasteiger charge is -2.22. The van der Waals surface area contributed by atoms with Crippen LogP contribution >= 0.6 is 0 Å². The van der Waals surface area contributed by atoms with Gasteiger partial charge in [0.25, 0.3) is 0 Å². The van der Waals surface area contributed by atoms with E-state index in [-0.39, 0.29) is 12.8 Å². The molecule has 3 aromatic carbocycles. The average Bonchev–Trinajstić information content (AvgIpc) is 2.74. The number of carbonyl (C=O) groups is 3. The summed E-state index contributed by atoms with van der Waals surface area (Å²) in [4.78, 5) is 36.6. The van der Waals surface area contributed by atoms with Crippen LogP contribution in [0, 0.1) is 5.82 Å². The Morgan fingerprint density at radius 2 is 1.55 bits per heavy atom. The van der Waals surface area contributed by atoms with Crippen LogP contribution in [0.15, 0.2) is 66.7 Å². The van der Waals surface area contributed by atoms with Crippen LogP contribution in [0.5, 0.6) is 0 Å². The SMILES string of the molecule is CC(=O)N[C@H](Cc1ccc(F)cc1)C(=O)N[C@H](Cc1cccc2ccccc12)C(N)=O. The molecule has 0 saturated carbocycles. The quantitative estimate of drug-likeness (QED) is 0.520. The molecule has 31 heavy (non-hydrogen) atoms. The first-order chi connectivity index (χ1) is 14.8. The molecule has 0 unspecified atom stereocenters. The molecule has 7 heteroatoms. The summed E-state index contributed by atoms with van der Waals surface area (Å²) in [5, 5.41) is 7.23. The second-order valence-corrected chi connectivity index (χ2v) is 7.39. The molecule has 0 bridgehead atoms. The van der Waals surface area contributed by atoms with Gasteiger partial charge in [-0.3, -0.25) is 14.4 Å². The van der Waals surface area contributed by atoms with Crippen LogP contribution in [-0.2, 0) is 27.2 Å². The minimum atomic E-state index is -0.956. The van der Waals surface area contributed by atoms with Gasteiger partial charge in [-0.1, -0.05) is 54.6 Å². The molecule has 0 radical (unpaired) electrons. The first-order valence-electron chi connectivity index (χ1n) is 9.91. The summed E-state index contributed by atoms with van der Waals surface area (Å²) in [6.07, 6.45) is 0.358. The number of halogens is 1. The first kappa shape index (κ1) is 22.0. The number of primary amides is 1. The molecule has 0 fully saturated rings. The number of nitrogens with one attached hydrogen (secondary N) is 2. The summed E-state index contributed by atoms with van der Waals surface area (Å²) in [6, 6.07) is 17.2. The van der Waals surface area contributed by atoms with Gasteiger partial charge in [0.1, 0.15) is 17.9 Å². The topological polar surface area (TPSA) is 101 Å². The van der Waals surface area contributed by atoms with E-state index in [9.17, 15) is 18.8 Å². The highest BCUT2D eigenvalue weighted by atomic mass is 19.1. The zero-order valence-electron chi connectivity index (χ0n) is 17.1. The Labute approximate surface area is 179 Å². The first-order valence-corrected chi connectivity index (χ1v) is 9.91. The van der Waals surface area contributed by atoms with E-state index in [1.807, 2.05) is 42.5 Å². The van der Waals surface area contributed by atoms with Crippen molar-refractivity contribution in [3.05, 3.63) is 83.7 Å². The Morgan fingerprint density at radius 3 is 2.23 bits per heavy atom. The number of hydrogen-bond donors (Lipinski definition) is 3. The van der Waals surface area contributed by atoms with Crippen LogP contribution in [-0.4, -0.2) is 29.8 Å². The summed E-state index contributed by atoms with van der Waals surface area (Å²) in [5.41, 5.74) is 7.10. The van der Waals surface area contributed by atoms with E-state index >= 15 is 0 Å². The maximum absolute atomic E-state index is 13.2. The van der Waals surface area contributed by atoms with Gasteiger partial charge in [0, 0.05) is 19.8 Å². The zero-order chi connectivity index (χ0) is 22.4. The molecule has 0 aliphatic rings. The van der Waals surface area contributed by atoms with Crippen LogP contribution < -0.4 is 16.4 Å². The third kappa shape index (κ3) is 5.88. The molecule has 0 aliphatic carbocycles. The Morgan fingerprint density at radius 1 is 0.871 bits per heavy atom. The van der Waals surface area contributed by atoms with E-state index < -0.39 is 35.6 Å². The molecule has 0 heterocycles. The number of amides is 3. The van der Waals surface area contributed by atoms with Crippen molar-refractivity contribution < 1.29 is 18.8 Å². The number of fused-ring (bicyclic) bond motifs is 1. The number of nitrogens with two attached hydrogens (primary N) is 1. The Kier molecular flexibility index (Phi) is 6.97. The van der Waals surface area contributed by atoms with Crippen molar-refractivity contribution in [1.29, 1.82) is 0 Å². The van der Waals surface area contributed by atoms with Crippen molar-refractivity contribution in [2.24, 2.45) is 5.73 Å². The molecule has 3 rings (SSSR count). The van der Waals surface area contributed by atoms with Crippen LogP contribution in [0.3, 0.4) is 0 Å². The van der Waals surface area contributed by atoms with Gasteiger partial charge >= 0.3 is 0 Å². The second-order valence-electron chi connectivity index (χ2n) is 7.39. The van der Waals surface area contributed by atoms with Crippen molar-refractivity contribution in [2.45, 2.75) is 31.8 Å². The third-order valence-electron chi connectivity index (χ3n) is 5.01. The predicted molar refractivity (Wildman–Crippen MR) is 116 cm³/mol. The summed E-state index contributed by atoms with van der Waals surface area (Å²) in [5.74, 6) is -2.01. The van der Waals surface area contributed by atoms with Gasteiger partial charge in [-0.2, -0.15) is 0 Å². The second kappa shape index (κ2) is 9.84. The highest BCUT2D eigenvalue weighted by molar-refractivity contribution is 5.92. The van der Waals surface area contributed by atoms with Crippen LogP contribution in [0.25, 0.3) is 10.8 Å². The summed E-state index contributed by atoms with van der Waals surface area (Å²) >= 11 is 0. The number of rotatable bonds is 8. The summed E-state index contributed by atoms with van der Waals surface area (Å²) < 4.78 is 13.2. The maximum Gasteiger partial charge on any atom is 0.243 e. The van der Waals surface area contributed by atoms with Gasteiger partial charge in [0.2, 0.25) is 17.7 Å². The minimum Gasteiger partial charge on any atom is -0.368 e. The van der Waals surface area contributed by atoms with Gasteiger partial charge in [0.15, 0.2) is 0 Å². The minimum absolute atomic E-state index is 0.144. The highest BCUT2D eigenvalue weighted by Gasteiger charge is 2.26. The van der Waals surface area contributed by atoms with Gasteiger partial charge < -0.3 is 16.4 Å². The third-order valence-corrected chi connectivity index (χ3v) is 5.01. The number of benzene rings is 3. The normalized spacial score (nSPS) is 12.7. The molecular formula is C24H24FN3O3. The molecule has 4 N–H and O–H groups in total. The van der Waals surface area contributed by atoms with Crippen LogP contribution in [0.1, 0.15) is 18.1 Å². The Bertz CT molecular complexity index is 1090. The lowest BCUT2D eigenvalue weighted by Crippen LogP contribution is -2.54. The molecule has 0 saturated heterocycles. The molecule has 3 aromatic rings. The van der Waals surface area contributed by atoms with Crippen LogP contribution in [0.4, 0.5) is 4.39 Å². The van der Waals surface area contributed by atoms with Crippen molar-refractivity contribution in [1.82, 2.24) is 10.6 Å². The smallest absolute Gasteiger partial charge is 0.243 e. The van der Waals surface area contributed by atoms with Gasteiger partial charge in [0.05, 0.1) is 0 Å². The van der Waals surface area contributed by atoms with E-state index in [2.05, 4.69) is 10.6 Å². The van der Waals surface area contributed by atoms with Gasteiger partial charge in [-0.05, 0) is 34.0 Å².